The van der Waals surface area contributed by atoms with Crippen LogP contribution in [0.5, 0.6) is 0 Å². The molecule has 0 aliphatic heterocycles. The molecule has 1 aromatic rings. The number of ether oxygens (including phenoxy) is 1. The SMILES string of the molecule is COCCNCCNC(=O)CCn1cc(Cl)cn1. The Morgan fingerprint density at radius 2 is 2.33 bits per heavy atom. The molecule has 6 nitrogen and oxygen atoms in total. The van der Waals surface area contributed by atoms with E-state index in [1.54, 1.807) is 24.2 Å². The predicted octanol–water partition coefficient (Wildman–Crippen LogP) is 0.279. The van der Waals surface area contributed by atoms with Crippen molar-refractivity contribution in [1.29, 1.82) is 0 Å². The standard InChI is InChI=1S/C11H19ClN4O2/c1-18-7-5-13-3-4-14-11(17)2-6-16-9-10(12)8-15-16/h8-9,13H,2-7H2,1H3,(H,14,17). The molecular weight excluding hydrogens is 256 g/mol. The Morgan fingerprint density at radius 3 is 3.00 bits per heavy atom. The van der Waals surface area contributed by atoms with E-state index in [9.17, 15) is 4.79 Å². The summed E-state index contributed by atoms with van der Waals surface area (Å²) in [6.07, 6.45) is 3.65. The van der Waals surface area contributed by atoms with Crippen molar-refractivity contribution in [3.8, 4) is 0 Å². The summed E-state index contributed by atoms with van der Waals surface area (Å²) >= 11 is 5.72. The molecule has 1 amide bonds. The third kappa shape index (κ3) is 6.58. The lowest BCUT2D eigenvalue weighted by Crippen LogP contribution is -2.33. The van der Waals surface area contributed by atoms with Crippen LogP contribution >= 0.6 is 11.6 Å². The maximum atomic E-state index is 11.5. The third-order valence-electron chi connectivity index (χ3n) is 2.28. The van der Waals surface area contributed by atoms with Crippen LogP contribution in [0.1, 0.15) is 6.42 Å². The van der Waals surface area contributed by atoms with Gasteiger partial charge in [0.25, 0.3) is 0 Å². The van der Waals surface area contributed by atoms with E-state index in [0.29, 0.717) is 31.1 Å². The summed E-state index contributed by atoms with van der Waals surface area (Å²) in [4.78, 5) is 11.5. The molecule has 0 unspecified atom stereocenters. The van der Waals surface area contributed by atoms with Crippen LogP contribution in [0.3, 0.4) is 0 Å². The molecule has 0 radical (unpaired) electrons. The van der Waals surface area contributed by atoms with Crippen LogP contribution in [-0.2, 0) is 16.1 Å². The van der Waals surface area contributed by atoms with Crippen LogP contribution in [0.25, 0.3) is 0 Å². The Hall–Kier alpha value is -1.11. The van der Waals surface area contributed by atoms with E-state index < -0.39 is 0 Å². The van der Waals surface area contributed by atoms with Gasteiger partial charge in [0.05, 0.1) is 17.8 Å². The highest BCUT2D eigenvalue weighted by atomic mass is 35.5. The smallest absolute Gasteiger partial charge is 0.221 e. The summed E-state index contributed by atoms with van der Waals surface area (Å²) in [7, 11) is 1.66. The highest BCUT2D eigenvalue weighted by molar-refractivity contribution is 6.30. The van der Waals surface area contributed by atoms with Gasteiger partial charge in [0, 0.05) is 45.9 Å². The van der Waals surface area contributed by atoms with Crippen molar-refractivity contribution < 1.29 is 9.53 Å². The zero-order valence-corrected chi connectivity index (χ0v) is 11.2. The van der Waals surface area contributed by atoms with Crippen LogP contribution in [0.15, 0.2) is 12.4 Å². The van der Waals surface area contributed by atoms with Crippen LogP contribution in [0.2, 0.25) is 5.02 Å². The number of hydrogen-bond donors (Lipinski definition) is 2. The van der Waals surface area contributed by atoms with Crippen molar-refractivity contribution in [1.82, 2.24) is 20.4 Å². The molecule has 0 atom stereocenters. The second-order valence-electron chi connectivity index (χ2n) is 3.76. The largest absolute Gasteiger partial charge is 0.383 e. The van der Waals surface area contributed by atoms with Crippen molar-refractivity contribution in [2.24, 2.45) is 0 Å². The first kappa shape index (κ1) is 14.9. The van der Waals surface area contributed by atoms with E-state index in [1.165, 1.54) is 0 Å². The second kappa shape index (κ2) is 8.91. The van der Waals surface area contributed by atoms with Crippen molar-refractivity contribution in [3.63, 3.8) is 0 Å². The van der Waals surface area contributed by atoms with Crippen molar-refractivity contribution in [2.45, 2.75) is 13.0 Å². The van der Waals surface area contributed by atoms with E-state index in [0.717, 1.165) is 13.1 Å². The van der Waals surface area contributed by atoms with Gasteiger partial charge in [-0.25, -0.2) is 0 Å². The number of amides is 1. The van der Waals surface area contributed by atoms with Crippen molar-refractivity contribution in [3.05, 3.63) is 17.4 Å². The molecule has 0 aliphatic carbocycles. The van der Waals surface area contributed by atoms with E-state index >= 15 is 0 Å². The first-order valence-corrected chi connectivity index (χ1v) is 6.24. The molecule has 0 fully saturated rings. The number of carbonyl (C=O) groups is 1. The lowest BCUT2D eigenvalue weighted by Gasteiger charge is -2.06. The Labute approximate surface area is 112 Å². The van der Waals surface area contributed by atoms with Gasteiger partial charge < -0.3 is 15.4 Å². The predicted molar refractivity (Wildman–Crippen MR) is 69.6 cm³/mol. The molecule has 0 spiro atoms. The minimum absolute atomic E-state index is 0.00941. The van der Waals surface area contributed by atoms with Gasteiger partial charge >= 0.3 is 0 Å². The van der Waals surface area contributed by atoms with E-state index in [2.05, 4.69) is 15.7 Å². The summed E-state index contributed by atoms with van der Waals surface area (Å²) in [5, 5.41) is 10.5. The summed E-state index contributed by atoms with van der Waals surface area (Å²) in [6, 6.07) is 0. The number of carbonyl (C=O) groups excluding carboxylic acids is 1. The molecule has 2 N–H and O–H groups in total. The molecule has 7 heteroatoms. The lowest BCUT2D eigenvalue weighted by atomic mass is 10.4. The van der Waals surface area contributed by atoms with Crippen LogP contribution in [0, 0.1) is 0 Å². The topological polar surface area (TPSA) is 68.2 Å². The Kier molecular flexibility index (Phi) is 7.40. The average molecular weight is 275 g/mol. The number of rotatable bonds is 9. The van der Waals surface area contributed by atoms with E-state index in [4.69, 9.17) is 16.3 Å². The van der Waals surface area contributed by atoms with Gasteiger partial charge in [0.2, 0.25) is 5.91 Å². The number of aromatic nitrogens is 2. The average Bonchev–Trinajstić information content (AvgIpc) is 2.77. The molecule has 0 bridgehead atoms. The van der Waals surface area contributed by atoms with Gasteiger partial charge in [-0.1, -0.05) is 11.6 Å². The molecule has 1 aromatic heterocycles. The number of halogens is 1. The number of aryl methyl sites for hydroxylation is 1. The van der Waals surface area contributed by atoms with Gasteiger partial charge in [0.1, 0.15) is 0 Å². The van der Waals surface area contributed by atoms with Gasteiger partial charge in [-0.2, -0.15) is 5.10 Å². The number of hydrogen-bond acceptors (Lipinski definition) is 4. The highest BCUT2D eigenvalue weighted by Crippen LogP contribution is 2.04. The molecule has 0 aliphatic rings. The van der Waals surface area contributed by atoms with Gasteiger partial charge in [-0.05, 0) is 0 Å². The minimum Gasteiger partial charge on any atom is -0.383 e. The molecular formula is C11H19ClN4O2. The van der Waals surface area contributed by atoms with Crippen molar-refractivity contribution >= 4 is 17.5 Å². The second-order valence-corrected chi connectivity index (χ2v) is 4.20. The zero-order valence-electron chi connectivity index (χ0n) is 10.5. The number of nitrogens with zero attached hydrogens (tertiary/aromatic N) is 2. The summed E-state index contributed by atoms with van der Waals surface area (Å²) in [5.41, 5.74) is 0. The first-order chi connectivity index (χ1) is 8.72. The molecule has 0 saturated carbocycles. The number of nitrogens with one attached hydrogen (secondary N) is 2. The fourth-order valence-electron chi connectivity index (χ4n) is 1.35. The molecule has 0 aromatic carbocycles. The normalized spacial score (nSPS) is 10.6. The highest BCUT2D eigenvalue weighted by Gasteiger charge is 2.02. The molecule has 18 heavy (non-hydrogen) atoms. The first-order valence-electron chi connectivity index (χ1n) is 5.86. The fourth-order valence-corrected chi connectivity index (χ4v) is 1.51. The van der Waals surface area contributed by atoms with Crippen LogP contribution in [0.4, 0.5) is 0 Å². The fraction of sp³-hybridized carbons (Fsp3) is 0.636. The molecule has 0 saturated heterocycles. The maximum Gasteiger partial charge on any atom is 0.221 e. The molecule has 1 rings (SSSR count). The Balaban J connectivity index is 2.00. The molecule has 102 valence electrons. The Morgan fingerprint density at radius 1 is 1.50 bits per heavy atom. The summed E-state index contributed by atoms with van der Waals surface area (Å²) < 4.78 is 6.54. The van der Waals surface area contributed by atoms with Crippen molar-refractivity contribution in [2.75, 3.05) is 33.4 Å². The van der Waals surface area contributed by atoms with Gasteiger partial charge in [-0.3, -0.25) is 9.48 Å². The van der Waals surface area contributed by atoms with E-state index in [-0.39, 0.29) is 5.91 Å². The van der Waals surface area contributed by atoms with E-state index in [1.807, 2.05) is 0 Å². The van der Waals surface area contributed by atoms with Gasteiger partial charge in [0.15, 0.2) is 0 Å². The van der Waals surface area contributed by atoms with Gasteiger partial charge in [-0.15, -0.1) is 0 Å². The minimum atomic E-state index is 0.00941. The van der Waals surface area contributed by atoms with Crippen LogP contribution < -0.4 is 10.6 Å². The Bertz CT molecular complexity index is 357. The summed E-state index contributed by atoms with van der Waals surface area (Å²) in [5.74, 6) is 0.00941. The molecule has 1 heterocycles. The monoisotopic (exact) mass is 274 g/mol. The van der Waals surface area contributed by atoms with Crippen LogP contribution in [-0.4, -0.2) is 49.0 Å². The number of methoxy groups -OCH3 is 1. The summed E-state index contributed by atoms with van der Waals surface area (Å²) in [6.45, 7) is 3.35. The third-order valence-corrected chi connectivity index (χ3v) is 2.47. The lowest BCUT2D eigenvalue weighted by molar-refractivity contribution is -0.121. The maximum absolute atomic E-state index is 11.5. The zero-order chi connectivity index (χ0) is 13.2. The quantitative estimate of drug-likeness (QED) is 0.635.